The number of amides is 1. The Bertz CT molecular complexity index is 766. The maximum Gasteiger partial charge on any atom is 0.416 e. The van der Waals surface area contributed by atoms with Crippen LogP contribution in [0.4, 0.5) is 18.9 Å². The number of carbonyl (C=O) groups excluding carboxylic acids is 1. The van der Waals surface area contributed by atoms with Crippen molar-refractivity contribution in [1.82, 2.24) is 9.97 Å². The fourth-order valence-electron chi connectivity index (χ4n) is 2.12. The Balaban J connectivity index is 2.12. The Kier molecular flexibility index (Phi) is 6.37. The van der Waals surface area contributed by atoms with E-state index >= 15 is 0 Å². The van der Waals surface area contributed by atoms with Crippen molar-refractivity contribution in [2.24, 2.45) is 0 Å². The van der Waals surface area contributed by atoms with E-state index in [-0.39, 0.29) is 29.6 Å². The molecule has 0 spiro atoms. The monoisotopic (exact) mass is 369 g/mol. The van der Waals surface area contributed by atoms with Gasteiger partial charge in [0.15, 0.2) is 0 Å². The highest BCUT2D eigenvalue weighted by molar-refractivity contribution is 5.93. The van der Waals surface area contributed by atoms with Crippen LogP contribution in [0.2, 0.25) is 0 Å². The Morgan fingerprint density at radius 3 is 2.58 bits per heavy atom. The van der Waals surface area contributed by atoms with Gasteiger partial charge in [-0.05, 0) is 25.5 Å². The number of alkyl halides is 3. The van der Waals surface area contributed by atoms with Gasteiger partial charge in [-0.2, -0.15) is 18.2 Å². The van der Waals surface area contributed by atoms with Crippen LogP contribution in [0.1, 0.15) is 25.0 Å². The second-order valence-corrected chi connectivity index (χ2v) is 5.16. The summed E-state index contributed by atoms with van der Waals surface area (Å²) in [5, 5.41) is 2.55. The summed E-state index contributed by atoms with van der Waals surface area (Å²) in [4.78, 5) is 20.2. The molecule has 0 aliphatic carbocycles. The van der Waals surface area contributed by atoms with Crippen LogP contribution in [0.3, 0.4) is 0 Å². The number of anilines is 1. The minimum Gasteiger partial charge on any atom is -0.476 e. The molecule has 0 radical (unpaired) electrons. The van der Waals surface area contributed by atoms with Crippen molar-refractivity contribution in [3.05, 3.63) is 41.6 Å². The van der Waals surface area contributed by atoms with Gasteiger partial charge in [-0.1, -0.05) is 18.2 Å². The highest BCUT2D eigenvalue weighted by Gasteiger charge is 2.30. The maximum absolute atomic E-state index is 12.7. The second kappa shape index (κ2) is 8.50. The van der Waals surface area contributed by atoms with Gasteiger partial charge in [-0.3, -0.25) is 4.79 Å². The first-order valence-corrected chi connectivity index (χ1v) is 7.92. The van der Waals surface area contributed by atoms with Gasteiger partial charge in [0.2, 0.25) is 11.8 Å². The molecule has 2 aromatic rings. The molecule has 0 aliphatic heterocycles. The van der Waals surface area contributed by atoms with E-state index in [0.717, 1.165) is 12.1 Å². The lowest BCUT2D eigenvalue weighted by atomic mass is 10.1. The Morgan fingerprint density at radius 2 is 1.92 bits per heavy atom. The molecule has 140 valence electrons. The van der Waals surface area contributed by atoms with E-state index in [1.54, 1.807) is 13.8 Å². The molecule has 1 heterocycles. The number of nitrogens with zero attached hydrogens (tertiary/aromatic N) is 2. The van der Waals surface area contributed by atoms with Crippen LogP contribution in [0.15, 0.2) is 30.5 Å². The molecule has 0 atom stereocenters. The highest BCUT2D eigenvalue weighted by atomic mass is 19.4. The molecule has 0 bridgehead atoms. The van der Waals surface area contributed by atoms with Crippen molar-refractivity contribution in [2.45, 2.75) is 26.4 Å². The van der Waals surface area contributed by atoms with Crippen LogP contribution < -0.4 is 14.8 Å². The van der Waals surface area contributed by atoms with Gasteiger partial charge < -0.3 is 14.8 Å². The number of hydrogen-bond acceptors (Lipinski definition) is 5. The quantitative estimate of drug-likeness (QED) is 0.809. The van der Waals surface area contributed by atoms with Crippen LogP contribution in [-0.2, 0) is 17.4 Å². The van der Waals surface area contributed by atoms with Crippen molar-refractivity contribution >= 4 is 11.6 Å². The topological polar surface area (TPSA) is 73.3 Å². The largest absolute Gasteiger partial charge is 0.476 e. The van der Waals surface area contributed by atoms with Crippen LogP contribution in [0.5, 0.6) is 11.9 Å². The molecule has 1 aromatic heterocycles. The van der Waals surface area contributed by atoms with Crippen molar-refractivity contribution < 1.29 is 27.4 Å². The maximum atomic E-state index is 12.7. The molecule has 6 nitrogen and oxygen atoms in total. The smallest absolute Gasteiger partial charge is 0.416 e. The van der Waals surface area contributed by atoms with E-state index in [1.807, 2.05) is 0 Å². The summed E-state index contributed by atoms with van der Waals surface area (Å²) in [7, 11) is 0. The summed E-state index contributed by atoms with van der Waals surface area (Å²) < 4.78 is 48.8. The molecule has 0 saturated carbocycles. The van der Waals surface area contributed by atoms with Crippen LogP contribution in [-0.4, -0.2) is 29.1 Å². The number of rotatable bonds is 7. The molecule has 0 unspecified atom stereocenters. The number of ether oxygens (including phenoxy) is 2. The Morgan fingerprint density at radius 1 is 1.19 bits per heavy atom. The molecular weight excluding hydrogens is 351 g/mol. The summed E-state index contributed by atoms with van der Waals surface area (Å²) in [6.45, 7) is 4.19. The molecular formula is C17H18F3N3O3. The number of benzene rings is 1. The lowest BCUT2D eigenvalue weighted by molar-refractivity contribution is -0.137. The molecule has 26 heavy (non-hydrogen) atoms. The Hall–Kier alpha value is -2.84. The predicted molar refractivity (Wildman–Crippen MR) is 88.1 cm³/mol. The van der Waals surface area contributed by atoms with Gasteiger partial charge >= 0.3 is 12.2 Å². The molecule has 1 amide bonds. The lowest BCUT2D eigenvalue weighted by Crippen LogP contribution is -2.17. The van der Waals surface area contributed by atoms with Gasteiger partial charge in [0, 0.05) is 0 Å². The van der Waals surface area contributed by atoms with Gasteiger partial charge in [-0.15, -0.1) is 0 Å². The van der Waals surface area contributed by atoms with E-state index in [0.29, 0.717) is 13.2 Å². The first-order chi connectivity index (χ1) is 12.3. The lowest BCUT2D eigenvalue weighted by Gasteiger charge is -2.12. The summed E-state index contributed by atoms with van der Waals surface area (Å²) >= 11 is 0. The summed E-state index contributed by atoms with van der Waals surface area (Å²) in [6, 6.07) is 4.71. The number of carbonyl (C=O) groups is 1. The predicted octanol–water partition coefficient (Wildman–Crippen LogP) is 3.47. The Labute approximate surface area is 148 Å². The second-order valence-electron chi connectivity index (χ2n) is 5.16. The first kappa shape index (κ1) is 19.5. The number of aromatic nitrogens is 2. The summed E-state index contributed by atoms with van der Waals surface area (Å²) in [5.74, 6) is -0.388. The van der Waals surface area contributed by atoms with E-state index in [9.17, 15) is 18.0 Å². The molecule has 9 heteroatoms. The fourth-order valence-corrected chi connectivity index (χ4v) is 2.12. The van der Waals surface area contributed by atoms with Gasteiger partial charge in [0.1, 0.15) is 5.69 Å². The minimum absolute atomic E-state index is 0.104. The van der Waals surface area contributed by atoms with E-state index < -0.39 is 17.6 Å². The van der Waals surface area contributed by atoms with Gasteiger partial charge in [0.05, 0.1) is 31.4 Å². The van der Waals surface area contributed by atoms with Gasteiger partial charge in [0.25, 0.3) is 0 Å². The van der Waals surface area contributed by atoms with Crippen LogP contribution >= 0.6 is 0 Å². The number of hydrogen-bond donors (Lipinski definition) is 1. The van der Waals surface area contributed by atoms with Crippen LogP contribution in [0, 0.1) is 0 Å². The first-order valence-electron chi connectivity index (χ1n) is 7.92. The van der Waals surface area contributed by atoms with Crippen molar-refractivity contribution in [2.75, 3.05) is 18.5 Å². The average Bonchev–Trinajstić information content (AvgIpc) is 2.57. The van der Waals surface area contributed by atoms with Crippen LogP contribution in [0.25, 0.3) is 0 Å². The molecule has 1 N–H and O–H groups in total. The van der Waals surface area contributed by atoms with Crippen molar-refractivity contribution in [3.63, 3.8) is 0 Å². The number of nitrogens with one attached hydrogen (secondary N) is 1. The third kappa shape index (κ3) is 5.33. The standard InChI is InChI=1S/C17H18F3N3O3/c1-3-25-15-13(10-21-16(23-15)26-4-2)22-14(24)9-11-6-5-7-12(8-11)17(18,19)20/h5-8,10H,3-4,9H2,1-2H3,(H,22,24). The highest BCUT2D eigenvalue weighted by Crippen LogP contribution is 2.30. The average molecular weight is 369 g/mol. The molecule has 1 aromatic carbocycles. The summed E-state index contributed by atoms with van der Waals surface area (Å²) in [6.07, 6.45) is -3.37. The van der Waals surface area contributed by atoms with E-state index in [4.69, 9.17) is 9.47 Å². The molecule has 2 rings (SSSR count). The van der Waals surface area contributed by atoms with Crippen molar-refractivity contribution in [1.29, 1.82) is 0 Å². The zero-order valence-corrected chi connectivity index (χ0v) is 14.3. The third-order valence-electron chi connectivity index (χ3n) is 3.18. The van der Waals surface area contributed by atoms with Crippen molar-refractivity contribution in [3.8, 4) is 11.9 Å². The minimum atomic E-state index is -4.46. The zero-order chi connectivity index (χ0) is 19.2. The molecule has 0 saturated heterocycles. The van der Waals surface area contributed by atoms with E-state index in [2.05, 4.69) is 15.3 Å². The normalized spacial score (nSPS) is 11.1. The van der Waals surface area contributed by atoms with Gasteiger partial charge in [-0.25, -0.2) is 4.98 Å². The number of halogens is 3. The zero-order valence-electron chi connectivity index (χ0n) is 14.3. The summed E-state index contributed by atoms with van der Waals surface area (Å²) in [5.41, 5.74) is -0.350. The SMILES string of the molecule is CCOc1ncc(NC(=O)Cc2cccc(C(F)(F)F)c2)c(OCC)n1. The molecule has 0 aliphatic rings. The third-order valence-corrected chi connectivity index (χ3v) is 3.18. The van der Waals surface area contributed by atoms with E-state index in [1.165, 1.54) is 18.3 Å². The molecule has 0 fully saturated rings. The fraction of sp³-hybridized carbons (Fsp3) is 0.353.